The lowest BCUT2D eigenvalue weighted by Gasteiger charge is -2.27. The Hall–Kier alpha value is -1.55. The van der Waals surface area contributed by atoms with Gasteiger partial charge in [-0.05, 0) is 51.8 Å². The molecule has 0 saturated carbocycles. The summed E-state index contributed by atoms with van der Waals surface area (Å²) < 4.78 is 5.82. The van der Waals surface area contributed by atoms with Crippen LogP contribution >= 0.6 is 0 Å². The van der Waals surface area contributed by atoms with E-state index in [1.54, 1.807) is 0 Å². The second kappa shape index (κ2) is 7.46. The molecule has 0 aliphatic carbocycles. The van der Waals surface area contributed by atoms with Crippen LogP contribution in [0.4, 0.5) is 0 Å². The summed E-state index contributed by atoms with van der Waals surface area (Å²) in [5.41, 5.74) is 2.23. The highest BCUT2D eigenvalue weighted by Crippen LogP contribution is 2.26. The van der Waals surface area contributed by atoms with Crippen molar-refractivity contribution in [3.63, 3.8) is 0 Å². The van der Waals surface area contributed by atoms with Crippen molar-refractivity contribution in [3.8, 4) is 5.75 Å². The minimum absolute atomic E-state index is 0.0965. The summed E-state index contributed by atoms with van der Waals surface area (Å²) in [6, 6.07) is 6.34. The maximum atomic E-state index is 12.2. The quantitative estimate of drug-likeness (QED) is 0.906. The maximum absolute atomic E-state index is 12.2. The van der Waals surface area contributed by atoms with Crippen molar-refractivity contribution in [2.45, 2.75) is 39.2 Å². The first-order chi connectivity index (χ1) is 10.1. The van der Waals surface area contributed by atoms with Crippen molar-refractivity contribution in [1.29, 1.82) is 0 Å². The van der Waals surface area contributed by atoms with Crippen LogP contribution in [0.3, 0.4) is 0 Å². The first-order valence-electron chi connectivity index (χ1n) is 7.80. The number of hydrogen-bond donors (Lipinski definition) is 1. The van der Waals surface area contributed by atoms with Crippen molar-refractivity contribution >= 4 is 5.91 Å². The van der Waals surface area contributed by atoms with Crippen LogP contribution in [0, 0.1) is 6.92 Å². The van der Waals surface area contributed by atoms with Gasteiger partial charge in [-0.15, -0.1) is 0 Å². The van der Waals surface area contributed by atoms with Crippen molar-refractivity contribution in [2.75, 3.05) is 26.7 Å². The van der Waals surface area contributed by atoms with Crippen LogP contribution in [0.25, 0.3) is 0 Å². The smallest absolute Gasteiger partial charge is 0.260 e. The molecule has 21 heavy (non-hydrogen) atoms. The third kappa shape index (κ3) is 4.21. The topological polar surface area (TPSA) is 41.6 Å². The van der Waals surface area contributed by atoms with Crippen LogP contribution in [0.2, 0.25) is 0 Å². The minimum atomic E-state index is 0.0965. The van der Waals surface area contributed by atoms with Gasteiger partial charge in [0.1, 0.15) is 5.75 Å². The lowest BCUT2D eigenvalue weighted by Crippen LogP contribution is -2.38. The standard InChI is InChI=1S/C17H26N2O2/c1-13-7-8-15(14(2)18-3)16(11-13)21-12-17(20)19-9-5-4-6-10-19/h7-8,11,14,18H,4-6,9-10,12H2,1-3H3. The Kier molecular flexibility index (Phi) is 5.62. The molecule has 2 rings (SSSR count). The number of likely N-dealkylation sites (tertiary alicyclic amines) is 1. The molecule has 1 fully saturated rings. The summed E-state index contributed by atoms with van der Waals surface area (Å²) >= 11 is 0. The summed E-state index contributed by atoms with van der Waals surface area (Å²) in [6.45, 7) is 6.00. The Morgan fingerprint density at radius 3 is 2.71 bits per heavy atom. The van der Waals surface area contributed by atoms with Gasteiger partial charge >= 0.3 is 0 Å². The van der Waals surface area contributed by atoms with Crippen LogP contribution in [0.1, 0.15) is 43.4 Å². The molecule has 1 aliphatic rings. The molecule has 1 saturated heterocycles. The van der Waals surface area contributed by atoms with Crippen LogP contribution in [0.5, 0.6) is 5.75 Å². The molecule has 116 valence electrons. The fourth-order valence-corrected chi connectivity index (χ4v) is 2.65. The van der Waals surface area contributed by atoms with Gasteiger partial charge < -0.3 is 15.0 Å². The number of rotatable bonds is 5. The number of nitrogens with zero attached hydrogens (tertiary/aromatic N) is 1. The van der Waals surface area contributed by atoms with Gasteiger partial charge in [0, 0.05) is 24.7 Å². The number of ether oxygens (including phenoxy) is 1. The minimum Gasteiger partial charge on any atom is -0.483 e. The predicted molar refractivity (Wildman–Crippen MR) is 84.6 cm³/mol. The zero-order valence-electron chi connectivity index (χ0n) is 13.3. The largest absolute Gasteiger partial charge is 0.483 e. The Morgan fingerprint density at radius 1 is 1.33 bits per heavy atom. The second-order valence-electron chi connectivity index (χ2n) is 5.78. The first-order valence-corrected chi connectivity index (χ1v) is 7.80. The number of carbonyl (C=O) groups excluding carboxylic acids is 1. The molecular formula is C17H26N2O2. The normalized spacial score (nSPS) is 16.6. The van der Waals surface area contributed by atoms with Crippen molar-refractivity contribution in [3.05, 3.63) is 29.3 Å². The van der Waals surface area contributed by atoms with Crippen LogP contribution in [0.15, 0.2) is 18.2 Å². The number of benzene rings is 1. The lowest BCUT2D eigenvalue weighted by molar-refractivity contribution is -0.134. The predicted octanol–water partition coefficient (Wildman–Crippen LogP) is 2.67. The molecule has 1 unspecified atom stereocenters. The number of piperidine rings is 1. The molecule has 0 spiro atoms. The lowest BCUT2D eigenvalue weighted by atomic mass is 10.1. The van der Waals surface area contributed by atoms with Crippen LogP contribution < -0.4 is 10.1 Å². The summed E-state index contributed by atoms with van der Waals surface area (Å²) in [7, 11) is 1.92. The molecule has 1 N–H and O–H groups in total. The molecule has 0 aromatic heterocycles. The maximum Gasteiger partial charge on any atom is 0.260 e. The Labute approximate surface area is 127 Å². The van der Waals surface area contributed by atoms with E-state index in [0.717, 1.165) is 42.8 Å². The number of aryl methyl sites for hydroxylation is 1. The van der Waals surface area contributed by atoms with Gasteiger partial charge in [0.25, 0.3) is 5.91 Å². The van der Waals surface area contributed by atoms with Gasteiger partial charge in [0.2, 0.25) is 0 Å². The third-order valence-corrected chi connectivity index (χ3v) is 4.13. The van der Waals surface area contributed by atoms with Gasteiger partial charge in [-0.3, -0.25) is 4.79 Å². The van der Waals surface area contributed by atoms with Crippen molar-refractivity contribution in [1.82, 2.24) is 10.2 Å². The number of amides is 1. The van der Waals surface area contributed by atoms with Crippen LogP contribution in [-0.2, 0) is 4.79 Å². The van der Waals surface area contributed by atoms with Gasteiger partial charge in [0.15, 0.2) is 6.61 Å². The summed E-state index contributed by atoms with van der Waals surface area (Å²) in [5.74, 6) is 0.904. The molecule has 1 amide bonds. The monoisotopic (exact) mass is 290 g/mol. The molecular weight excluding hydrogens is 264 g/mol. The summed E-state index contributed by atoms with van der Waals surface area (Å²) in [5, 5.41) is 3.22. The van der Waals surface area contributed by atoms with E-state index in [9.17, 15) is 4.79 Å². The Balaban J connectivity index is 2.01. The number of hydrogen-bond acceptors (Lipinski definition) is 3. The molecule has 1 atom stereocenters. The Morgan fingerprint density at radius 2 is 2.05 bits per heavy atom. The van der Waals surface area contributed by atoms with Gasteiger partial charge in [0.05, 0.1) is 0 Å². The fourth-order valence-electron chi connectivity index (χ4n) is 2.65. The highest BCUT2D eigenvalue weighted by molar-refractivity contribution is 5.77. The van der Waals surface area contributed by atoms with Gasteiger partial charge in [-0.25, -0.2) is 0 Å². The van der Waals surface area contributed by atoms with E-state index in [4.69, 9.17) is 4.74 Å². The van der Waals surface area contributed by atoms with E-state index in [1.807, 2.05) is 24.9 Å². The number of carbonyl (C=O) groups is 1. The Bertz CT molecular complexity index is 482. The van der Waals surface area contributed by atoms with Gasteiger partial charge in [-0.1, -0.05) is 12.1 Å². The molecule has 0 bridgehead atoms. The average Bonchev–Trinajstić information content (AvgIpc) is 2.52. The van der Waals surface area contributed by atoms with E-state index in [1.165, 1.54) is 6.42 Å². The molecule has 1 aromatic rings. The van der Waals surface area contributed by atoms with E-state index < -0.39 is 0 Å². The molecule has 1 heterocycles. The molecule has 0 radical (unpaired) electrons. The van der Waals surface area contributed by atoms with E-state index >= 15 is 0 Å². The molecule has 4 heteroatoms. The zero-order chi connectivity index (χ0) is 15.2. The fraction of sp³-hybridized carbons (Fsp3) is 0.588. The molecule has 1 aromatic carbocycles. The first kappa shape index (κ1) is 15.8. The van der Waals surface area contributed by atoms with E-state index in [-0.39, 0.29) is 18.6 Å². The van der Waals surface area contributed by atoms with Gasteiger partial charge in [-0.2, -0.15) is 0 Å². The molecule has 4 nitrogen and oxygen atoms in total. The van der Waals surface area contributed by atoms with E-state index in [0.29, 0.717) is 0 Å². The third-order valence-electron chi connectivity index (χ3n) is 4.13. The van der Waals surface area contributed by atoms with E-state index in [2.05, 4.69) is 24.4 Å². The average molecular weight is 290 g/mol. The highest BCUT2D eigenvalue weighted by Gasteiger charge is 2.18. The zero-order valence-corrected chi connectivity index (χ0v) is 13.3. The van der Waals surface area contributed by atoms with Crippen molar-refractivity contribution in [2.24, 2.45) is 0 Å². The van der Waals surface area contributed by atoms with Crippen molar-refractivity contribution < 1.29 is 9.53 Å². The summed E-state index contributed by atoms with van der Waals surface area (Å²) in [4.78, 5) is 14.1. The summed E-state index contributed by atoms with van der Waals surface area (Å²) in [6.07, 6.45) is 3.45. The van der Waals surface area contributed by atoms with Crippen LogP contribution in [-0.4, -0.2) is 37.6 Å². The number of nitrogens with one attached hydrogen (secondary N) is 1. The molecule has 1 aliphatic heterocycles. The SMILES string of the molecule is CNC(C)c1ccc(C)cc1OCC(=O)N1CCCCC1. The second-order valence-corrected chi connectivity index (χ2v) is 5.78. The highest BCUT2D eigenvalue weighted by atomic mass is 16.5.